The minimum absolute atomic E-state index is 2.19. The molecule has 0 bridgehead atoms. The average Bonchev–Trinajstić information content (AvgIpc) is 1.35. The van der Waals surface area contributed by atoms with Crippen molar-refractivity contribution in [2.45, 2.75) is 6.36 Å². The van der Waals surface area contributed by atoms with E-state index in [9.17, 15) is 13.2 Å². The fourth-order valence-corrected chi connectivity index (χ4v) is 0. The maximum Gasteiger partial charge on any atom is 0.523 e. The molecule has 0 aromatic carbocycles. The molecule has 35 valence electrons. The highest BCUT2D eigenvalue weighted by Gasteiger charge is 2.26. The first-order valence-electron chi connectivity index (χ1n) is 0.975. The van der Waals surface area contributed by atoms with Crippen LogP contribution in [0.5, 0.6) is 0 Å². The summed E-state index contributed by atoms with van der Waals surface area (Å²) in [6.07, 6.45) is -4.79. The Morgan fingerprint density at radius 2 is 1.50 bits per heavy atom. The van der Waals surface area contributed by atoms with E-state index in [0.717, 1.165) is 0 Å². The van der Waals surface area contributed by atoms with Crippen molar-refractivity contribution in [2.75, 3.05) is 0 Å². The largest absolute Gasteiger partial charge is 0.523 e. The van der Waals surface area contributed by atoms with Crippen molar-refractivity contribution in [3.63, 3.8) is 0 Å². The predicted octanol–water partition coefficient (Wildman–Crippen LogP) is 1.07. The molecule has 0 N–H and O–H groups in total. The summed E-state index contributed by atoms with van der Waals surface area (Å²) in [6, 6.07) is 0. The summed E-state index contributed by atoms with van der Waals surface area (Å²) in [4.78, 5) is 0. The van der Waals surface area contributed by atoms with E-state index >= 15 is 0 Å². The van der Waals surface area contributed by atoms with Crippen LogP contribution >= 0.6 is 0 Å². The van der Waals surface area contributed by atoms with Crippen LogP contribution in [-0.2, 0) is 4.74 Å². The highest BCUT2D eigenvalue weighted by Crippen LogP contribution is 2.13. The molecule has 6 heavy (non-hydrogen) atoms. The van der Waals surface area contributed by atoms with E-state index in [0.29, 0.717) is 0 Å². The quantitative estimate of drug-likeness (QED) is 0.439. The molecular weight excluding hydrogens is 97.0 g/mol. The number of halogens is 3. The molecule has 0 aromatic rings. The Kier molecular flexibility index (Phi) is 1.40. The van der Waals surface area contributed by atoms with Crippen molar-refractivity contribution in [1.29, 1.82) is 0 Å². The molecule has 0 saturated carbocycles. The van der Waals surface area contributed by atoms with Crippen molar-refractivity contribution < 1.29 is 17.9 Å². The Balaban J connectivity index is 3.17. The lowest BCUT2D eigenvalue weighted by molar-refractivity contribution is -0.300. The van der Waals surface area contributed by atoms with Crippen LogP contribution in [0.15, 0.2) is 0 Å². The second kappa shape index (κ2) is 1.47. The van der Waals surface area contributed by atoms with Gasteiger partial charge >= 0.3 is 6.36 Å². The zero-order chi connectivity index (χ0) is 5.21. The van der Waals surface area contributed by atoms with Crippen LogP contribution in [0.25, 0.3) is 0 Å². The maximum absolute atomic E-state index is 10.4. The molecule has 0 fully saturated rings. The van der Waals surface area contributed by atoms with Gasteiger partial charge in [0.15, 0.2) is 7.11 Å². The second-order valence-corrected chi connectivity index (χ2v) is 0.548. The van der Waals surface area contributed by atoms with Crippen LogP contribution in [0.4, 0.5) is 13.2 Å². The molecule has 0 atom stereocenters. The standard InChI is InChI=1S/C2F3O/c1-6-2(3,4)5. The Bertz CT molecular complexity index is 38.5. The van der Waals surface area contributed by atoms with E-state index in [1.165, 1.54) is 0 Å². The number of ether oxygens (including phenoxy) is 1. The minimum Gasteiger partial charge on any atom is -0.275 e. The zero-order valence-corrected chi connectivity index (χ0v) is 2.54. The first kappa shape index (κ1) is 5.75. The van der Waals surface area contributed by atoms with E-state index in [1.54, 1.807) is 0 Å². The summed E-state index contributed by atoms with van der Waals surface area (Å²) in [5.41, 5.74) is 0. The molecule has 3 radical (unpaired) electrons. The van der Waals surface area contributed by atoms with Gasteiger partial charge in [-0.3, -0.25) is 4.74 Å². The maximum atomic E-state index is 10.4. The molecule has 0 unspecified atom stereocenters. The van der Waals surface area contributed by atoms with Gasteiger partial charge in [-0.15, -0.1) is 13.2 Å². The molecule has 0 amide bonds. The lowest BCUT2D eigenvalue weighted by Gasteiger charge is -1.95. The van der Waals surface area contributed by atoms with Gasteiger partial charge in [0, 0.05) is 0 Å². The first-order valence-corrected chi connectivity index (χ1v) is 0.975. The van der Waals surface area contributed by atoms with E-state index in [2.05, 4.69) is 4.74 Å². The number of hydrogen-bond acceptors (Lipinski definition) is 1. The first-order chi connectivity index (χ1) is 2.56. The van der Waals surface area contributed by atoms with E-state index in [1.807, 2.05) is 0 Å². The van der Waals surface area contributed by atoms with Crippen molar-refractivity contribution in [2.24, 2.45) is 0 Å². The molecule has 0 aliphatic carbocycles. The second-order valence-electron chi connectivity index (χ2n) is 0.548. The third-order valence-corrected chi connectivity index (χ3v) is 0.116. The van der Waals surface area contributed by atoms with Crippen LogP contribution in [-0.4, -0.2) is 6.36 Å². The topological polar surface area (TPSA) is 9.23 Å². The van der Waals surface area contributed by atoms with E-state index in [-0.39, 0.29) is 0 Å². The van der Waals surface area contributed by atoms with E-state index in [4.69, 9.17) is 7.11 Å². The fraction of sp³-hybridized carbons (Fsp3) is 0.500. The predicted molar refractivity (Wildman–Crippen MR) is 10.4 cm³/mol. The summed E-state index contributed by atoms with van der Waals surface area (Å²) < 4.78 is 33.3. The molecule has 0 aliphatic rings. The van der Waals surface area contributed by atoms with Crippen LogP contribution in [0.3, 0.4) is 0 Å². The molecule has 4 heteroatoms. The van der Waals surface area contributed by atoms with Gasteiger partial charge in [0.1, 0.15) is 0 Å². The summed E-state index contributed by atoms with van der Waals surface area (Å²) in [7, 11) is 5.23. The van der Waals surface area contributed by atoms with Gasteiger partial charge in [-0.25, -0.2) is 0 Å². The summed E-state index contributed by atoms with van der Waals surface area (Å²) in [5.74, 6) is 0. The van der Waals surface area contributed by atoms with Crippen LogP contribution < -0.4 is 0 Å². The molecule has 0 saturated heterocycles. The van der Waals surface area contributed by atoms with Crippen LogP contribution in [0.2, 0.25) is 0 Å². The number of rotatable bonds is 0. The highest BCUT2D eigenvalue weighted by atomic mass is 19.4. The smallest absolute Gasteiger partial charge is 0.275 e. The van der Waals surface area contributed by atoms with Gasteiger partial charge in [-0.1, -0.05) is 0 Å². The molecule has 0 aliphatic heterocycles. The summed E-state index contributed by atoms with van der Waals surface area (Å²) in [5, 5.41) is 0. The molecule has 0 rings (SSSR count). The lowest BCUT2D eigenvalue weighted by atomic mass is 11.3. The Hall–Kier alpha value is -0.250. The molecule has 0 aromatic heterocycles. The molecule has 0 heterocycles. The van der Waals surface area contributed by atoms with Crippen molar-refractivity contribution in [3.8, 4) is 0 Å². The van der Waals surface area contributed by atoms with Crippen LogP contribution in [0.1, 0.15) is 0 Å². The van der Waals surface area contributed by atoms with Crippen molar-refractivity contribution in [3.05, 3.63) is 7.11 Å². The van der Waals surface area contributed by atoms with Gasteiger partial charge in [-0.2, -0.15) is 0 Å². The number of alkyl halides is 3. The van der Waals surface area contributed by atoms with Crippen LogP contribution in [0, 0.1) is 7.11 Å². The monoisotopic (exact) mass is 97.0 g/mol. The third-order valence-electron chi connectivity index (χ3n) is 0.116. The van der Waals surface area contributed by atoms with Gasteiger partial charge in [-0.05, 0) is 0 Å². The van der Waals surface area contributed by atoms with Crippen molar-refractivity contribution in [1.82, 2.24) is 0 Å². The number of hydrogen-bond donors (Lipinski definition) is 0. The molecule has 0 spiro atoms. The lowest BCUT2D eigenvalue weighted by Crippen LogP contribution is -2.06. The normalized spacial score (nSPS) is 12.0. The van der Waals surface area contributed by atoms with Gasteiger partial charge in [0.05, 0.1) is 0 Å². The zero-order valence-electron chi connectivity index (χ0n) is 2.54. The van der Waals surface area contributed by atoms with Gasteiger partial charge in [0.2, 0.25) is 0 Å². The van der Waals surface area contributed by atoms with E-state index < -0.39 is 6.36 Å². The molecular formula is C2F3O. The van der Waals surface area contributed by atoms with Gasteiger partial charge < -0.3 is 0 Å². The fourth-order valence-electron chi connectivity index (χ4n) is 0. The Morgan fingerprint density at radius 3 is 1.50 bits per heavy atom. The molecule has 1 nitrogen and oxygen atoms in total. The third kappa shape index (κ3) is 3.75. The Morgan fingerprint density at radius 1 is 1.33 bits per heavy atom. The minimum atomic E-state index is -4.79. The Labute approximate surface area is 32.7 Å². The SMILES string of the molecule is [C]OC(F)(F)F. The highest BCUT2D eigenvalue weighted by molar-refractivity contribution is 4.19. The summed E-state index contributed by atoms with van der Waals surface area (Å²) >= 11 is 0. The summed E-state index contributed by atoms with van der Waals surface area (Å²) in [6.45, 7) is 0. The van der Waals surface area contributed by atoms with Crippen molar-refractivity contribution >= 4 is 0 Å². The van der Waals surface area contributed by atoms with Gasteiger partial charge in [0.25, 0.3) is 0 Å². The average molecular weight is 97.0 g/mol.